The number of carbonyl (C=O) groups excluding carboxylic acids is 1. The largest absolute Gasteiger partial charge is 0.336 e. The fraction of sp³-hybridized carbons (Fsp3) is 0.500. The van der Waals surface area contributed by atoms with Crippen molar-refractivity contribution in [3.63, 3.8) is 0 Å². The molecule has 0 N–H and O–H groups in total. The lowest BCUT2D eigenvalue weighted by molar-refractivity contribution is 0.0699. The Morgan fingerprint density at radius 1 is 1.47 bits per heavy atom. The first-order chi connectivity index (χ1) is 9.13. The molecule has 1 amide bonds. The summed E-state index contributed by atoms with van der Waals surface area (Å²) >= 11 is 3.66. The van der Waals surface area contributed by atoms with E-state index >= 15 is 0 Å². The summed E-state index contributed by atoms with van der Waals surface area (Å²) in [6.45, 7) is 0. The van der Waals surface area contributed by atoms with Crippen molar-refractivity contribution in [1.82, 2.24) is 9.88 Å². The Morgan fingerprint density at radius 3 is 2.79 bits per heavy atom. The molecule has 5 heteroatoms. The predicted octanol–water partition coefficient (Wildman–Crippen LogP) is 2.73. The van der Waals surface area contributed by atoms with Gasteiger partial charge in [-0.2, -0.15) is 5.26 Å². The van der Waals surface area contributed by atoms with E-state index in [-0.39, 0.29) is 11.9 Å². The first kappa shape index (κ1) is 14.0. The number of hydrogen-bond donors (Lipinski definition) is 0. The van der Waals surface area contributed by atoms with E-state index in [0.717, 1.165) is 19.3 Å². The number of nitrogens with zero attached hydrogens (tertiary/aromatic N) is 3. The number of nitriles is 1. The summed E-state index contributed by atoms with van der Waals surface area (Å²) in [5.41, 5.74) is 0.863. The molecule has 2 atom stereocenters. The number of rotatable bonds is 2. The summed E-state index contributed by atoms with van der Waals surface area (Å²) < 4.78 is 0. The minimum absolute atomic E-state index is 0.0826. The minimum atomic E-state index is -0.0826. The second-order valence-electron chi connectivity index (χ2n) is 4.83. The van der Waals surface area contributed by atoms with Crippen molar-refractivity contribution in [2.75, 3.05) is 7.05 Å². The second kappa shape index (κ2) is 6.16. The highest BCUT2D eigenvalue weighted by molar-refractivity contribution is 9.09. The molecule has 19 heavy (non-hydrogen) atoms. The molecular weight excluding hydrogens is 306 g/mol. The molecule has 1 aliphatic rings. The van der Waals surface area contributed by atoms with Gasteiger partial charge in [0.1, 0.15) is 11.8 Å². The van der Waals surface area contributed by atoms with Crippen molar-refractivity contribution < 1.29 is 4.79 Å². The lowest BCUT2D eigenvalue weighted by Gasteiger charge is -2.35. The van der Waals surface area contributed by atoms with Crippen molar-refractivity contribution in [2.24, 2.45) is 0 Å². The van der Waals surface area contributed by atoms with Crippen LogP contribution in [0.5, 0.6) is 0 Å². The fourth-order valence-corrected chi connectivity index (χ4v) is 3.36. The van der Waals surface area contributed by atoms with Crippen LogP contribution in [-0.2, 0) is 0 Å². The smallest absolute Gasteiger partial charge is 0.272 e. The maximum Gasteiger partial charge on any atom is 0.272 e. The first-order valence-electron chi connectivity index (χ1n) is 6.41. The summed E-state index contributed by atoms with van der Waals surface area (Å²) in [4.78, 5) is 18.5. The maximum absolute atomic E-state index is 12.3. The van der Waals surface area contributed by atoms with Gasteiger partial charge in [0.2, 0.25) is 0 Å². The van der Waals surface area contributed by atoms with Gasteiger partial charge < -0.3 is 4.90 Å². The average Bonchev–Trinajstić information content (AvgIpc) is 2.46. The molecule has 0 aromatic carbocycles. The van der Waals surface area contributed by atoms with Crippen molar-refractivity contribution in [2.45, 2.75) is 36.6 Å². The molecular formula is C14H16BrN3O. The van der Waals surface area contributed by atoms with Crippen molar-refractivity contribution in [1.29, 1.82) is 5.26 Å². The van der Waals surface area contributed by atoms with Crippen LogP contribution < -0.4 is 0 Å². The van der Waals surface area contributed by atoms with Crippen LogP contribution >= 0.6 is 15.9 Å². The van der Waals surface area contributed by atoms with Gasteiger partial charge >= 0.3 is 0 Å². The molecule has 0 bridgehead atoms. The Bertz CT molecular complexity index is 494. The number of amides is 1. The quantitative estimate of drug-likeness (QED) is 0.787. The van der Waals surface area contributed by atoms with Gasteiger partial charge in [0.05, 0.1) is 5.56 Å². The normalized spacial score (nSPS) is 22.6. The maximum atomic E-state index is 12.3. The monoisotopic (exact) mass is 321 g/mol. The molecule has 1 aromatic rings. The van der Waals surface area contributed by atoms with Crippen molar-refractivity contribution in [3.8, 4) is 6.07 Å². The van der Waals surface area contributed by atoms with Gasteiger partial charge in [-0.15, -0.1) is 0 Å². The molecule has 0 radical (unpaired) electrons. The van der Waals surface area contributed by atoms with Gasteiger partial charge in [-0.05, 0) is 25.0 Å². The van der Waals surface area contributed by atoms with Crippen LogP contribution in [0.2, 0.25) is 0 Å². The van der Waals surface area contributed by atoms with E-state index in [0.29, 0.717) is 16.1 Å². The lowest BCUT2D eigenvalue weighted by atomic mass is 9.94. The Labute approximate surface area is 121 Å². The van der Waals surface area contributed by atoms with Gasteiger partial charge in [-0.3, -0.25) is 4.79 Å². The number of pyridine rings is 1. The number of hydrogen-bond acceptors (Lipinski definition) is 3. The fourth-order valence-electron chi connectivity index (χ4n) is 2.42. The molecule has 0 aliphatic heterocycles. The Kier molecular flexibility index (Phi) is 4.54. The highest BCUT2D eigenvalue weighted by Gasteiger charge is 2.29. The molecule has 2 rings (SSSR count). The third kappa shape index (κ3) is 3.13. The summed E-state index contributed by atoms with van der Waals surface area (Å²) in [5, 5.41) is 8.72. The Balaban J connectivity index is 2.11. The van der Waals surface area contributed by atoms with E-state index in [1.54, 1.807) is 17.0 Å². The van der Waals surface area contributed by atoms with E-state index in [9.17, 15) is 4.79 Å². The molecule has 1 aliphatic carbocycles. The van der Waals surface area contributed by atoms with Gasteiger partial charge in [0.15, 0.2) is 0 Å². The molecule has 1 saturated carbocycles. The van der Waals surface area contributed by atoms with Crippen molar-refractivity contribution in [3.05, 3.63) is 29.6 Å². The van der Waals surface area contributed by atoms with Gasteiger partial charge in [-0.25, -0.2) is 4.98 Å². The summed E-state index contributed by atoms with van der Waals surface area (Å²) in [5.74, 6) is -0.0826. The second-order valence-corrected chi connectivity index (χ2v) is 6.00. The summed E-state index contributed by atoms with van der Waals surface area (Å²) in [6, 6.07) is 5.46. The van der Waals surface area contributed by atoms with Crippen LogP contribution in [-0.4, -0.2) is 33.7 Å². The molecule has 1 heterocycles. The van der Waals surface area contributed by atoms with E-state index in [2.05, 4.69) is 20.9 Å². The average molecular weight is 322 g/mol. The zero-order chi connectivity index (χ0) is 13.8. The third-order valence-corrected chi connectivity index (χ3v) is 4.64. The van der Waals surface area contributed by atoms with Crippen LogP contribution in [0.25, 0.3) is 0 Å². The first-order valence-corrected chi connectivity index (χ1v) is 7.32. The van der Waals surface area contributed by atoms with Crippen LogP contribution in [0.3, 0.4) is 0 Å². The Hall–Kier alpha value is -1.41. The van der Waals surface area contributed by atoms with Crippen LogP contribution in [0.4, 0.5) is 0 Å². The van der Waals surface area contributed by atoms with Crippen LogP contribution in [0.15, 0.2) is 18.3 Å². The van der Waals surface area contributed by atoms with Gasteiger partial charge in [0.25, 0.3) is 5.91 Å². The minimum Gasteiger partial charge on any atom is -0.336 e. The standard InChI is InChI=1S/C14H16BrN3O/c1-18(13-5-3-2-4-11(13)15)14(19)12-7-6-10(8-16)9-17-12/h6-7,9,11,13H,2-5H2,1H3. The van der Waals surface area contributed by atoms with E-state index in [1.807, 2.05) is 13.1 Å². The SMILES string of the molecule is CN(C(=O)c1ccc(C#N)cn1)C1CCCCC1Br. The summed E-state index contributed by atoms with van der Waals surface area (Å²) in [6.07, 6.45) is 5.93. The van der Waals surface area contributed by atoms with E-state index in [1.165, 1.54) is 12.6 Å². The number of carbonyl (C=O) groups is 1. The van der Waals surface area contributed by atoms with Crippen LogP contribution in [0, 0.1) is 11.3 Å². The van der Waals surface area contributed by atoms with Crippen molar-refractivity contribution >= 4 is 21.8 Å². The molecule has 4 nitrogen and oxygen atoms in total. The topological polar surface area (TPSA) is 57.0 Å². The highest BCUT2D eigenvalue weighted by Crippen LogP contribution is 2.28. The Morgan fingerprint density at radius 2 is 2.21 bits per heavy atom. The molecule has 0 saturated heterocycles. The zero-order valence-corrected chi connectivity index (χ0v) is 12.4. The molecule has 100 valence electrons. The molecule has 0 spiro atoms. The number of alkyl halides is 1. The molecule has 1 aromatic heterocycles. The van der Waals surface area contributed by atoms with Crippen LogP contribution in [0.1, 0.15) is 41.7 Å². The van der Waals surface area contributed by atoms with Gasteiger partial charge in [0, 0.05) is 24.1 Å². The third-order valence-electron chi connectivity index (χ3n) is 3.58. The van der Waals surface area contributed by atoms with E-state index in [4.69, 9.17) is 5.26 Å². The number of aromatic nitrogens is 1. The molecule has 2 unspecified atom stereocenters. The summed E-state index contributed by atoms with van der Waals surface area (Å²) in [7, 11) is 1.83. The van der Waals surface area contributed by atoms with E-state index < -0.39 is 0 Å². The molecule has 1 fully saturated rings. The highest BCUT2D eigenvalue weighted by atomic mass is 79.9. The number of halogens is 1. The lowest BCUT2D eigenvalue weighted by Crippen LogP contribution is -2.44. The zero-order valence-electron chi connectivity index (χ0n) is 10.8. The predicted molar refractivity (Wildman–Crippen MR) is 76.0 cm³/mol. The van der Waals surface area contributed by atoms with Gasteiger partial charge in [-0.1, -0.05) is 28.8 Å².